The highest BCUT2D eigenvalue weighted by molar-refractivity contribution is 7.25. The van der Waals surface area contributed by atoms with Crippen LogP contribution in [0.15, 0.2) is 53.9 Å². The Bertz CT molecular complexity index is 1490. The van der Waals surface area contributed by atoms with E-state index in [1.165, 1.54) is 31.5 Å². The van der Waals surface area contributed by atoms with Crippen LogP contribution in [0.2, 0.25) is 0 Å². The number of nitrogens with zero attached hydrogens (tertiary/aromatic N) is 1. The first-order valence-electron chi connectivity index (χ1n) is 12.3. The standard InChI is InChI=1S/C27H28N4O2S2.CH3NO/c1-15-9-21(27(33)30-16(2)23-12-18(14-34-23)26(28)29)31(13-15)25(32)11-17-7-8-20-19-5-3-4-6-22(19)35-24(20)10-17;2-1-3/h3-8,10,12,14-16,21H,9,11,13H2,1-2H3,(H3,28,29)(H,30,33);1H,(H2,2,3)/t15?,16-,21?;/m1./s1. The number of amides is 3. The van der Waals surface area contributed by atoms with Crippen LogP contribution >= 0.6 is 22.7 Å². The number of likely N-dealkylation sites (tertiary alicyclic amines) is 1. The zero-order valence-corrected chi connectivity index (χ0v) is 22.9. The van der Waals surface area contributed by atoms with Gasteiger partial charge in [0.1, 0.15) is 11.9 Å². The number of hydrogen-bond donors (Lipinski definition) is 4. The molecule has 0 spiro atoms. The Labute approximate surface area is 229 Å². The van der Waals surface area contributed by atoms with E-state index in [9.17, 15) is 9.59 Å². The van der Waals surface area contributed by atoms with Crippen molar-refractivity contribution in [1.82, 2.24) is 10.2 Å². The highest BCUT2D eigenvalue weighted by atomic mass is 32.1. The molecule has 2 aromatic heterocycles. The Balaban J connectivity index is 0.00000107. The number of primary amides is 1. The first kappa shape index (κ1) is 27.3. The van der Waals surface area contributed by atoms with E-state index in [0.29, 0.717) is 18.5 Å². The fourth-order valence-electron chi connectivity index (χ4n) is 4.83. The molecule has 198 valence electrons. The molecule has 2 unspecified atom stereocenters. The van der Waals surface area contributed by atoms with Gasteiger partial charge < -0.3 is 21.7 Å². The van der Waals surface area contributed by atoms with Gasteiger partial charge in [-0.3, -0.25) is 19.8 Å². The van der Waals surface area contributed by atoms with Gasteiger partial charge in [-0.2, -0.15) is 0 Å². The van der Waals surface area contributed by atoms with Crippen LogP contribution in [0, 0.1) is 11.3 Å². The highest BCUT2D eigenvalue weighted by Gasteiger charge is 2.38. The third-order valence-corrected chi connectivity index (χ3v) is 8.90. The second-order valence-electron chi connectivity index (χ2n) is 9.53. The monoisotopic (exact) mass is 549 g/mol. The Morgan fingerprint density at radius 3 is 2.61 bits per heavy atom. The molecule has 8 nitrogen and oxygen atoms in total. The molecule has 3 heterocycles. The van der Waals surface area contributed by atoms with Crippen LogP contribution in [0.25, 0.3) is 20.2 Å². The van der Waals surface area contributed by atoms with Crippen LogP contribution in [-0.4, -0.2) is 41.5 Å². The number of thiophene rings is 2. The van der Waals surface area contributed by atoms with Crippen molar-refractivity contribution in [3.05, 3.63) is 69.9 Å². The highest BCUT2D eigenvalue weighted by Crippen LogP contribution is 2.34. The summed E-state index contributed by atoms with van der Waals surface area (Å²) in [6, 6.07) is 15.7. The van der Waals surface area contributed by atoms with E-state index >= 15 is 0 Å². The van der Waals surface area contributed by atoms with Crippen molar-refractivity contribution < 1.29 is 14.4 Å². The van der Waals surface area contributed by atoms with Crippen molar-refractivity contribution in [2.45, 2.75) is 38.8 Å². The topological polar surface area (TPSA) is 142 Å². The van der Waals surface area contributed by atoms with Gasteiger partial charge in [0.25, 0.3) is 0 Å². The number of carbonyl (C=O) groups excluding carboxylic acids is 3. The number of benzene rings is 2. The van der Waals surface area contributed by atoms with E-state index in [-0.39, 0.29) is 42.4 Å². The predicted octanol–water partition coefficient (Wildman–Crippen LogP) is 4.16. The Hall–Kier alpha value is -3.76. The lowest BCUT2D eigenvalue weighted by Gasteiger charge is -2.25. The van der Waals surface area contributed by atoms with Crippen LogP contribution in [0.4, 0.5) is 0 Å². The molecule has 10 heteroatoms. The molecule has 5 rings (SSSR count). The minimum absolute atomic E-state index is 0.0150. The second kappa shape index (κ2) is 11.7. The normalized spacial score (nSPS) is 17.6. The molecule has 3 amide bonds. The summed E-state index contributed by atoms with van der Waals surface area (Å²) in [6.45, 7) is 4.58. The smallest absolute Gasteiger partial charge is 0.243 e. The molecule has 1 fully saturated rings. The third-order valence-electron chi connectivity index (χ3n) is 6.65. The summed E-state index contributed by atoms with van der Waals surface area (Å²) < 4.78 is 2.42. The molecular weight excluding hydrogens is 518 g/mol. The lowest BCUT2D eigenvalue weighted by Crippen LogP contribution is -2.46. The molecule has 4 aromatic rings. The zero-order chi connectivity index (χ0) is 27.4. The molecular formula is C28H31N5O3S2. The fourth-order valence-corrected chi connectivity index (χ4v) is 6.91. The average Bonchev–Trinajstić information content (AvgIpc) is 3.61. The number of rotatable bonds is 6. The van der Waals surface area contributed by atoms with E-state index in [0.717, 1.165) is 10.4 Å². The summed E-state index contributed by atoms with van der Waals surface area (Å²) in [5, 5.41) is 14.9. The first-order valence-corrected chi connectivity index (χ1v) is 14.0. The quantitative estimate of drug-likeness (QED) is 0.163. The fraction of sp³-hybridized carbons (Fsp3) is 0.286. The van der Waals surface area contributed by atoms with Crippen molar-refractivity contribution in [2.24, 2.45) is 17.4 Å². The van der Waals surface area contributed by atoms with Crippen molar-refractivity contribution in [1.29, 1.82) is 5.41 Å². The summed E-state index contributed by atoms with van der Waals surface area (Å²) in [4.78, 5) is 37.8. The SMILES string of the molecule is CC1CC(C(=O)N[C@H](C)c2cc(C(=N)N)cs2)N(C(=O)Cc2ccc3c(c2)sc2ccccc23)C1.NC=O. The maximum Gasteiger partial charge on any atom is 0.243 e. The van der Waals surface area contributed by atoms with Gasteiger partial charge in [-0.25, -0.2) is 0 Å². The minimum Gasteiger partial charge on any atom is -0.384 e. The molecule has 1 aliphatic rings. The van der Waals surface area contributed by atoms with Crippen molar-refractivity contribution in [2.75, 3.05) is 6.54 Å². The van der Waals surface area contributed by atoms with E-state index in [2.05, 4.69) is 42.2 Å². The van der Waals surface area contributed by atoms with E-state index in [1.54, 1.807) is 16.2 Å². The van der Waals surface area contributed by atoms with Gasteiger partial charge in [-0.15, -0.1) is 22.7 Å². The lowest BCUT2D eigenvalue weighted by atomic mass is 10.1. The van der Waals surface area contributed by atoms with Crippen LogP contribution < -0.4 is 16.8 Å². The number of hydrogen-bond acceptors (Lipinski definition) is 6. The maximum absolute atomic E-state index is 13.3. The van der Waals surface area contributed by atoms with Crippen molar-refractivity contribution in [3.63, 3.8) is 0 Å². The van der Waals surface area contributed by atoms with Crippen LogP contribution in [0.3, 0.4) is 0 Å². The maximum atomic E-state index is 13.3. The molecule has 0 aliphatic carbocycles. The third kappa shape index (κ3) is 5.87. The molecule has 6 N–H and O–H groups in total. The molecule has 0 saturated carbocycles. The van der Waals surface area contributed by atoms with E-state index in [1.807, 2.05) is 36.6 Å². The summed E-state index contributed by atoms with van der Waals surface area (Å²) in [5.74, 6) is 0.132. The van der Waals surface area contributed by atoms with Crippen LogP contribution in [0.5, 0.6) is 0 Å². The Morgan fingerprint density at radius 1 is 1.18 bits per heavy atom. The second-order valence-corrected chi connectivity index (χ2v) is 11.6. The van der Waals surface area contributed by atoms with E-state index < -0.39 is 6.04 Å². The first-order chi connectivity index (χ1) is 18.2. The van der Waals surface area contributed by atoms with Gasteiger partial charge in [0.05, 0.1) is 12.5 Å². The van der Waals surface area contributed by atoms with Gasteiger partial charge in [0.2, 0.25) is 18.2 Å². The summed E-state index contributed by atoms with van der Waals surface area (Å²) in [7, 11) is 0. The molecule has 3 atom stereocenters. The molecule has 2 aromatic carbocycles. The Morgan fingerprint density at radius 2 is 1.89 bits per heavy atom. The lowest BCUT2D eigenvalue weighted by molar-refractivity contribution is -0.138. The predicted molar refractivity (Wildman–Crippen MR) is 154 cm³/mol. The van der Waals surface area contributed by atoms with Crippen molar-refractivity contribution >= 4 is 66.9 Å². The number of amidine groups is 1. The number of carbonyl (C=O) groups is 3. The van der Waals surface area contributed by atoms with Gasteiger partial charge in [-0.05, 0) is 43.0 Å². The van der Waals surface area contributed by atoms with Crippen LogP contribution in [0.1, 0.15) is 42.3 Å². The minimum atomic E-state index is -0.472. The molecule has 1 aliphatic heterocycles. The summed E-state index contributed by atoms with van der Waals surface area (Å²) in [5.41, 5.74) is 11.4. The largest absolute Gasteiger partial charge is 0.384 e. The van der Waals surface area contributed by atoms with Crippen LogP contribution in [-0.2, 0) is 20.8 Å². The molecule has 38 heavy (non-hydrogen) atoms. The van der Waals surface area contributed by atoms with Gasteiger partial charge >= 0.3 is 0 Å². The van der Waals surface area contributed by atoms with Gasteiger partial charge in [0.15, 0.2) is 0 Å². The number of nitrogens with one attached hydrogen (secondary N) is 2. The summed E-state index contributed by atoms with van der Waals surface area (Å²) >= 11 is 3.21. The number of fused-ring (bicyclic) bond motifs is 3. The Kier molecular flexibility index (Phi) is 8.43. The summed E-state index contributed by atoms with van der Waals surface area (Å²) in [6.07, 6.45) is 1.19. The molecule has 0 radical (unpaired) electrons. The van der Waals surface area contributed by atoms with Gasteiger partial charge in [0, 0.05) is 42.5 Å². The van der Waals surface area contributed by atoms with Gasteiger partial charge in [-0.1, -0.05) is 37.3 Å². The molecule has 0 bridgehead atoms. The van der Waals surface area contributed by atoms with E-state index in [4.69, 9.17) is 15.9 Å². The number of nitrogen functional groups attached to an aromatic ring is 1. The number of nitrogens with two attached hydrogens (primary N) is 2. The zero-order valence-electron chi connectivity index (χ0n) is 21.3. The average molecular weight is 550 g/mol. The van der Waals surface area contributed by atoms with Crippen molar-refractivity contribution in [3.8, 4) is 0 Å². The molecule has 1 saturated heterocycles.